The lowest BCUT2D eigenvalue weighted by Gasteiger charge is -2.32. The Kier molecular flexibility index (Phi) is 5.48. The van der Waals surface area contributed by atoms with Crippen molar-refractivity contribution < 1.29 is 27.8 Å². The molecule has 3 aromatic rings. The van der Waals surface area contributed by atoms with Crippen LogP contribution in [0.15, 0.2) is 36.5 Å². The number of aromatic nitrogens is 3. The molecule has 1 saturated heterocycles. The molecule has 2 aromatic heterocycles. The minimum Gasteiger partial charge on any atom is -0.406 e. The number of halogens is 3. The molecule has 7 nitrogen and oxygen atoms in total. The average molecular weight is 460 g/mol. The molecule has 1 aromatic carbocycles. The van der Waals surface area contributed by atoms with Gasteiger partial charge >= 0.3 is 6.36 Å². The van der Waals surface area contributed by atoms with E-state index in [0.717, 1.165) is 47.5 Å². The van der Waals surface area contributed by atoms with Crippen molar-refractivity contribution in [2.75, 3.05) is 13.1 Å². The minimum atomic E-state index is -4.76. The number of carbonyl (C=O) groups is 1. The van der Waals surface area contributed by atoms with Crippen molar-refractivity contribution >= 4 is 17.1 Å². The molecule has 2 N–H and O–H groups in total. The predicted octanol–water partition coefficient (Wildman–Crippen LogP) is 4.11. The lowest BCUT2D eigenvalue weighted by Crippen LogP contribution is -2.38. The third kappa shape index (κ3) is 4.52. The smallest absolute Gasteiger partial charge is 0.406 e. The molecule has 174 valence electrons. The third-order valence-electron chi connectivity index (χ3n) is 6.49. The number of hydrogen-bond donors (Lipinski definition) is 2. The number of nitrogens with zero attached hydrogens (tertiary/aromatic N) is 3. The molecule has 3 heterocycles. The molecule has 0 bridgehead atoms. The van der Waals surface area contributed by atoms with Crippen LogP contribution in [-0.2, 0) is 0 Å². The number of pyridine rings is 1. The fourth-order valence-electron chi connectivity index (χ4n) is 4.66. The number of carbonyl (C=O) groups excluding carboxylic acids is 1. The number of benzene rings is 1. The van der Waals surface area contributed by atoms with Gasteiger partial charge in [-0.05, 0) is 67.5 Å². The Morgan fingerprint density at radius 2 is 1.79 bits per heavy atom. The molecular formula is C23H23F3N4O3. The van der Waals surface area contributed by atoms with Gasteiger partial charge in [-0.1, -0.05) is 0 Å². The Morgan fingerprint density at radius 3 is 2.42 bits per heavy atom. The Labute approximate surface area is 187 Å². The Morgan fingerprint density at radius 1 is 1.09 bits per heavy atom. The number of alkyl halides is 3. The number of aromatic amines is 1. The van der Waals surface area contributed by atoms with E-state index in [4.69, 9.17) is 4.98 Å². The van der Waals surface area contributed by atoms with Gasteiger partial charge in [-0.15, -0.1) is 13.2 Å². The zero-order valence-electron chi connectivity index (χ0n) is 17.7. The normalized spacial score (nSPS) is 21.8. The van der Waals surface area contributed by atoms with Crippen LogP contribution >= 0.6 is 0 Å². The summed E-state index contributed by atoms with van der Waals surface area (Å²) in [7, 11) is 0. The standard InChI is InChI=1S/C23H23F3N4O3/c24-23(25,26)33-17-3-1-14(2-4-17)22(32)30-9-6-13(7-10-30)18-5-8-27-21-19(18)28-20(29-21)15-11-16(31)12-15/h1-5,8,13,15-16,31H,6-7,9-12H2,(H,27,28,29)/t15-,16-. The highest BCUT2D eigenvalue weighted by atomic mass is 19.4. The first-order chi connectivity index (χ1) is 15.8. The summed E-state index contributed by atoms with van der Waals surface area (Å²) >= 11 is 0. The fourth-order valence-corrected chi connectivity index (χ4v) is 4.66. The largest absolute Gasteiger partial charge is 0.573 e. The van der Waals surface area contributed by atoms with Crippen molar-refractivity contribution in [1.82, 2.24) is 19.9 Å². The van der Waals surface area contributed by atoms with Crippen molar-refractivity contribution in [1.29, 1.82) is 0 Å². The SMILES string of the molecule is O=C(c1ccc(OC(F)(F)F)cc1)N1CCC(c2ccnc3[nH]c([C@H]4C[C@H](O)C4)nc23)CC1. The van der Waals surface area contributed by atoms with E-state index in [1.807, 2.05) is 6.07 Å². The van der Waals surface area contributed by atoms with Crippen molar-refractivity contribution in [2.24, 2.45) is 0 Å². The summed E-state index contributed by atoms with van der Waals surface area (Å²) in [6, 6.07) is 6.98. The van der Waals surface area contributed by atoms with Gasteiger partial charge in [0, 0.05) is 30.8 Å². The second kappa shape index (κ2) is 8.33. The number of piperidine rings is 1. The van der Waals surface area contributed by atoms with Crippen LogP contribution in [-0.4, -0.2) is 56.4 Å². The maximum atomic E-state index is 12.8. The van der Waals surface area contributed by atoms with Crippen LogP contribution in [0.5, 0.6) is 5.75 Å². The minimum absolute atomic E-state index is 0.211. The number of aliphatic hydroxyl groups is 1. The number of rotatable bonds is 4. The van der Waals surface area contributed by atoms with E-state index >= 15 is 0 Å². The van der Waals surface area contributed by atoms with Gasteiger partial charge in [-0.2, -0.15) is 0 Å². The Bertz CT molecular complexity index is 1150. The Hall–Kier alpha value is -3.14. The van der Waals surface area contributed by atoms with Crippen LogP contribution < -0.4 is 4.74 Å². The van der Waals surface area contributed by atoms with Crippen LogP contribution in [0.4, 0.5) is 13.2 Å². The van der Waals surface area contributed by atoms with Gasteiger partial charge in [0.1, 0.15) is 17.1 Å². The van der Waals surface area contributed by atoms with Gasteiger partial charge in [0.2, 0.25) is 0 Å². The number of likely N-dealkylation sites (tertiary alicyclic amines) is 1. The van der Waals surface area contributed by atoms with E-state index in [1.54, 1.807) is 11.1 Å². The number of hydrogen-bond acceptors (Lipinski definition) is 5. The number of amides is 1. The van der Waals surface area contributed by atoms with Crippen LogP contribution in [0.3, 0.4) is 0 Å². The number of fused-ring (bicyclic) bond motifs is 1. The molecule has 0 spiro atoms. The molecule has 1 amide bonds. The van der Waals surface area contributed by atoms with E-state index in [-0.39, 0.29) is 29.6 Å². The number of ether oxygens (including phenoxy) is 1. The van der Waals surface area contributed by atoms with Crippen LogP contribution in [0.1, 0.15) is 59.3 Å². The van der Waals surface area contributed by atoms with Crippen LogP contribution in [0, 0.1) is 0 Å². The summed E-state index contributed by atoms with van der Waals surface area (Å²) in [5, 5.41) is 9.58. The van der Waals surface area contributed by atoms with Gasteiger partial charge < -0.3 is 19.7 Å². The second-order valence-corrected chi connectivity index (χ2v) is 8.68. The molecule has 0 unspecified atom stereocenters. The van der Waals surface area contributed by atoms with Gasteiger partial charge in [0.25, 0.3) is 5.91 Å². The number of aliphatic hydroxyl groups excluding tert-OH is 1. The molecule has 10 heteroatoms. The summed E-state index contributed by atoms with van der Waals surface area (Å²) in [5.41, 5.74) is 3.01. The van der Waals surface area contributed by atoms with E-state index in [0.29, 0.717) is 31.5 Å². The van der Waals surface area contributed by atoms with Gasteiger partial charge in [-0.3, -0.25) is 4.79 Å². The van der Waals surface area contributed by atoms with E-state index < -0.39 is 6.36 Å². The summed E-state index contributed by atoms with van der Waals surface area (Å²) in [4.78, 5) is 27.0. The number of H-pyrrole nitrogens is 1. The fraction of sp³-hybridized carbons (Fsp3) is 0.435. The summed E-state index contributed by atoms with van der Waals surface area (Å²) in [6.45, 7) is 1.08. The zero-order valence-corrected chi connectivity index (χ0v) is 17.7. The molecular weight excluding hydrogens is 437 g/mol. The highest BCUT2D eigenvalue weighted by molar-refractivity contribution is 5.94. The van der Waals surface area contributed by atoms with Gasteiger partial charge in [-0.25, -0.2) is 9.97 Å². The number of nitrogens with one attached hydrogen (secondary N) is 1. The quantitative estimate of drug-likeness (QED) is 0.611. The van der Waals surface area contributed by atoms with E-state index in [2.05, 4.69) is 14.7 Å². The average Bonchev–Trinajstić information content (AvgIpc) is 3.20. The van der Waals surface area contributed by atoms with Gasteiger partial charge in [0.05, 0.1) is 6.10 Å². The summed E-state index contributed by atoms with van der Waals surface area (Å²) in [6.07, 6.45) is -0.338. The van der Waals surface area contributed by atoms with Crippen molar-refractivity contribution in [3.8, 4) is 5.75 Å². The zero-order chi connectivity index (χ0) is 23.2. The molecule has 1 aliphatic carbocycles. The lowest BCUT2D eigenvalue weighted by atomic mass is 9.82. The Balaban J connectivity index is 1.24. The first kappa shape index (κ1) is 21.7. The van der Waals surface area contributed by atoms with Crippen molar-refractivity contribution in [3.63, 3.8) is 0 Å². The highest BCUT2D eigenvalue weighted by Gasteiger charge is 2.33. The van der Waals surface area contributed by atoms with Crippen molar-refractivity contribution in [3.05, 3.63) is 53.5 Å². The maximum absolute atomic E-state index is 12.8. The van der Waals surface area contributed by atoms with E-state index in [9.17, 15) is 23.1 Å². The summed E-state index contributed by atoms with van der Waals surface area (Å²) < 4.78 is 40.8. The maximum Gasteiger partial charge on any atom is 0.573 e. The first-order valence-corrected chi connectivity index (χ1v) is 10.9. The number of imidazole rings is 1. The molecule has 0 radical (unpaired) electrons. The molecule has 2 aliphatic rings. The summed E-state index contributed by atoms with van der Waals surface area (Å²) in [5.74, 6) is 0.757. The van der Waals surface area contributed by atoms with Crippen LogP contribution in [0.2, 0.25) is 0 Å². The second-order valence-electron chi connectivity index (χ2n) is 8.68. The van der Waals surface area contributed by atoms with Gasteiger partial charge in [0.15, 0.2) is 5.65 Å². The molecule has 2 fully saturated rings. The topological polar surface area (TPSA) is 91.3 Å². The molecule has 1 saturated carbocycles. The molecule has 1 aliphatic heterocycles. The molecule has 33 heavy (non-hydrogen) atoms. The molecule has 5 rings (SSSR count). The van der Waals surface area contributed by atoms with Crippen LogP contribution in [0.25, 0.3) is 11.2 Å². The van der Waals surface area contributed by atoms with E-state index in [1.165, 1.54) is 12.1 Å². The van der Waals surface area contributed by atoms with Crippen molar-refractivity contribution in [2.45, 2.75) is 50.0 Å². The molecule has 0 atom stereocenters. The monoisotopic (exact) mass is 460 g/mol. The first-order valence-electron chi connectivity index (χ1n) is 10.9. The lowest BCUT2D eigenvalue weighted by molar-refractivity contribution is -0.274. The predicted molar refractivity (Wildman–Crippen MR) is 113 cm³/mol. The highest BCUT2D eigenvalue weighted by Crippen LogP contribution is 2.38. The third-order valence-corrected chi connectivity index (χ3v) is 6.49.